The number of hydrazone groups is 3. The van der Waals surface area contributed by atoms with Gasteiger partial charge in [-0.05, 0) is 156 Å². The zero-order chi connectivity index (χ0) is 50.4. The first-order chi connectivity index (χ1) is 33.7. The Labute approximate surface area is 423 Å². The van der Waals surface area contributed by atoms with Crippen LogP contribution in [0.15, 0.2) is 178 Å². The normalized spacial score (nSPS) is 10.6. The maximum Gasteiger partial charge on any atom is 0.271 e. The first-order valence-electron chi connectivity index (χ1n) is 20.7. The van der Waals surface area contributed by atoms with E-state index in [-0.39, 0.29) is 22.8 Å². The lowest BCUT2D eigenvalue weighted by Crippen LogP contribution is -2.18. The van der Waals surface area contributed by atoms with Gasteiger partial charge in [0.05, 0.1) is 36.4 Å². The number of nitrogens with zero attached hydrogens (tertiary/aromatic N) is 3. The Bertz CT molecular complexity index is 3010. The third-order valence-electron chi connectivity index (χ3n) is 9.32. The van der Waals surface area contributed by atoms with E-state index in [4.69, 9.17) is 9.47 Å². The van der Waals surface area contributed by atoms with E-state index in [1.807, 2.05) is 61.5 Å². The summed E-state index contributed by atoms with van der Waals surface area (Å²) in [6.07, 6.45) is 4.36. The van der Waals surface area contributed by atoms with E-state index in [1.54, 1.807) is 61.7 Å². The van der Waals surface area contributed by atoms with Crippen LogP contribution < -0.4 is 31.1 Å². The molecule has 4 amide bonds. The fourth-order valence-corrected chi connectivity index (χ4v) is 6.70. The van der Waals surface area contributed by atoms with Gasteiger partial charge in [0, 0.05) is 38.0 Å². The Morgan fingerprint density at radius 2 is 1.04 bits per heavy atom. The van der Waals surface area contributed by atoms with Crippen LogP contribution in [0.3, 0.4) is 0 Å². The molecule has 7 rings (SSSR count). The average Bonchev–Trinajstić information content (AvgIpc) is 3.36. The number of methoxy groups -OCH3 is 2. The number of aryl methyl sites for hydroxylation is 1. The van der Waals surface area contributed by atoms with Crippen LogP contribution in [0.25, 0.3) is 0 Å². The molecule has 0 bridgehead atoms. The predicted molar refractivity (Wildman–Crippen MR) is 278 cm³/mol. The molecule has 0 aliphatic heterocycles. The number of carbonyl (C=O) groups is 4. The summed E-state index contributed by atoms with van der Waals surface area (Å²) in [7, 11) is 3.05. The highest BCUT2D eigenvalue weighted by atomic mass is 127. The number of phenols is 1. The molecule has 7 aromatic carbocycles. The number of aromatic hydroxyl groups is 1. The molecule has 0 spiro atoms. The Morgan fingerprint density at radius 3 is 1.59 bits per heavy atom. The second-order valence-corrected chi connectivity index (χ2v) is 16.4. The predicted octanol–water partition coefficient (Wildman–Crippen LogP) is 10.3. The standard InChI is InChI=1S/C23H21N3O4.C15H12FIN2O2.C14H10BrFN2O/c1-15-6-8-16(9-7-15)22(28)25-19-12-10-17(11-13-19)23(29)26-24-14-18-4-3-5-20(30-2)21(18)27;1-21-14-6-5-10(7-13(14)17)9-18-19-15(20)11-3-2-4-12(16)8-11;15-12-6-4-10(5-7-12)9-17-18-14(19)11-2-1-3-13(16)8-11/h3-14,27H,1-2H3,(H,25,28)(H,26,29);2-9H,1H3,(H,19,20);1-9H,(H,18,19)/b24-14+;18-9+;17-9+. The van der Waals surface area contributed by atoms with Gasteiger partial charge in [0.25, 0.3) is 23.6 Å². The summed E-state index contributed by atoms with van der Waals surface area (Å²) in [6.45, 7) is 1.95. The molecule has 0 atom stereocenters. The van der Waals surface area contributed by atoms with Crippen LogP contribution in [0.1, 0.15) is 63.7 Å². The van der Waals surface area contributed by atoms with Crippen molar-refractivity contribution in [1.82, 2.24) is 16.3 Å². The Balaban J connectivity index is 0.000000202. The van der Waals surface area contributed by atoms with Gasteiger partial charge in [-0.2, -0.15) is 15.3 Å². The summed E-state index contributed by atoms with van der Waals surface area (Å²) in [5, 5.41) is 24.3. The molecule has 14 nitrogen and oxygen atoms in total. The van der Waals surface area contributed by atoms with E-state index in [9.17, 15) is 33.1 Å². The molecule has 70 heavy (non-hydrogen) atoms. The topological polar surface area (TPSA) is 192 Å². The number of nitrogens with one attached hydrogen (secondary N) is 4. The minimum Gasteiger partial charge on any atom is -0.504 e. The number of benzene rings is 7. The van der Waals surface area contributed by atoms with Crippen molar-refractivity contribution in [3.05, 3.63) is 222 Å². The van der Waals surface area contributed by atoms with Crippen LogP contribution in [-0.4, -0.2) is 61.6 Å². The van der Waals surface area contributed by atoms with Crippen LogP contribution in [-0.2, 0) is 0 Å². The fourth-order valence-electron chi connectivity index (χ4n) is 5.68. The maximum absolute atomic E-state index is 13.0. The number of phenolic OH excluding ortho intramolecular Hbond substituents is 1. The number of rotatable bonds is 13. The molecule has 0 aliphatic rings. The van der Waals surface area contributed by atoms with Crippen molar-refractivity contribution in [2.24, 2.45) is 15.3 Å². The van der Waals surface area contributed by atoms with Crippen molar-refractivity contribution < 1.29 is 42.5 Å². The lowest BCUT2D eigenvalue weighted by molar-refractivity contribution is 0.0946. The molecule has 0 heterocycles. The van der Waals surface area contributed by atoms with E-state index in [0.29, 0.717) is 28.1 Å². The molecule has 7 aromatic rings. The van der Waals surface area contributed by atoms with E-state index in [0.717, 1.165) is 42.6 Å². The smallest absolute Gasteiger partial charge is 0.271 e. The molecular weight excluding hydrogens is 1080 g/mol. The average molecular weight is 1120 g/mol. The molecule has 0 saturated carbocycles. The second kappa shape index (κ2) is 27.0. The molecule has 0 radical (unpaired) electrons. The number of hydrogen-bond acceptors (Lipinski definition) is 10. The molecule has 0 fully saturated rings. The highest BCUT2D eigenvalue weighted by molar-refractivity contribution is 14.1. The monoisotopic (exact) mass is 1120 g/mol. The van der Waals surface area contributed by atoms with Gasteiger partial charge < -0.3 is 19.9 Å². The van der Waals surface area contributed by atoms with Crippen molar-refractivity contribution in [2.45, 2.75) is 6.92 Å². The van der Waals surface area contributed by atoms with Gasteiger partial charge >= 0.3 is 0 Å². The number of hydrogen-bond donors (Lipinski definition) is 5. The second-order valence-electron chi connectivity index (χ2n) is 14.4. The third kappa shape index (κ3) is 16.9. The van der Waals surface area contributed by atoms with E-state index >= 15 is 0 Å². The van der Waals surface area contributed by atoms with Crippen LogP contribution >= 0.6 is 38.5 Å². The lowest BCUT2D eigenvalue weighted by atomic mass is 10.1. The zero-order valence-corrected chi connectivity index (χ0v) is 41.2. The van der Waals surface area contributed by atoms with Gasteiger partial charge in [-0.1, -0.05) is 64.0 Å². The van der Waals surface area contributed by atoms with Gasteiger partial charge in [-0.15, -0.1) is 0 Å². The summed E-state index contributed by atoms with van der Waals surface area (Å²) < 4.78 is 38.0. The quantitative estimate of drug-likeness (QED) is 0.0431. The minimum absolute atomic E-state index is 0.0633. The Morgan fingerprint density at radius 1 is 0.557 bits per heavy atom. The fraction of sp³-hybridized carbons (Fsp3) is 0.0577. The van der Waals surface area contributed by atoms with E-state index < -0.39 is 29.4 Å². The van der Waals surface area contributed by atoms with Gasteiger partial charge in [0.2, 0.25) is 0 Å². The van der Waals surface area contributed by atoms with Crippen LogP contribution in [0, 0.1) is 22.1 Å². The largest absolute Gasteiger partial charge is 0.504 e. The van der Waals surface area contributed by atoms with Crippen molar-refractivity contribution in [1.29, 1.82) is 0 Å². The first-order valence-corrected chi connectivity index (χ1v) is 22.5. The molecule has 5 N–H and O–H groups in total. The Hall–Kier alpha value is -8.10. The summed E-state index contributed by atoms with van der Waals surface area (Å²) in [5.74, 6) is -1.46. The molecule has 0 aliphatic carbocycles. The van der Waals surface area contributed by atoms with Crippen LogP contribution in [0.4, 0.5) is 14.5 Å². The van der Waals surface area contributed by atoms with Crippen molar-refractivity contribution in [2.75, 3.05) is 19.5 Å². The van der Waals surface area contributed by atoms with Gasteiger partial charge in [-0.3, -0.25) is 19.2 Å². The number of anilines is 1. The number of amides is 4. The van der Waals surface area contributed by atoms with Crippen molar-refractivity contribution in [3.63, 3.8) is 0 Å². The highest BCUT2D eigenvalue weighted by Crippen LogP contribution is 2.28. The summed E-state index contributed by atoms with van der Waals surface area (Å²) >= 11 is 5.47. The molecule has 356 valence electrons. The molecule has 0 saturated heterocycles. The third-order valence-corrected chi connectivity index (χ3v) is 10.7. The first kappa shape index (κ1) is 52.9. The van der Waals surface area contributed by atoms with Crippen molar-refractivity contribution in [3.8, 4) is 17.2 Å². The van der Waals surface area contributed by atoms with E-state index in [2.05, 4.69) is 75.4 Å². The van der Waals surface area contributed by atoms with Crippen LogP contribution in [0.5, 0.6) is 17.2 Å². The molecule has 0 aromatic heterocycles. The summed E-state index contributed by atoms with van der Waals surface area (Å²) in [5.41, 5.74) is 12.2. The summed E-state index contributed by atoms with van der Waals surface area (Å²) in [6, 6.07) is 42.4. The van der Waals surface area contributed by atoms with Gasteiger partial charge in [0.1, 0.15) is 17.4 Å². The van der Waals surface area contributed by atoms with E-state index in [1.165, 1.54) is 62.2 Å². The Kier molecular flexibility index (Phi) is 20.4. The molecular formula is C52H43BrF2IN7O7. The zero-order valence-electron chi connectivity index (χ0n) is 37.5. The number of ether oxygens (including phenoxy) is 2. The van der Waals surface area contributed by atoms with Gasteiger partial charge in [-0.25, -0.2) is 25.1 Å². The number of halogens is 4. The van der Waals surface area contributed by atoms with Crippen LogP contribution in [0.2, 0.25) is 0 Å². The summed E-state index contributed by atoms with van der Waals surface area (Å²) in [4.78, 5) is 47.9. The minimum atomic E-state index is -0.464. The maximum atomic E-state index is 13.0. The molecule has 0 unspecified atom stereocenters. The highest BCUT2D eigenvalue weighted by Gasteiger charge is 2.10. The van der Waals surface area contributed by atoms with Gasteiger partial charge in [0.15, 0.2) is 11.5 Å². The lowest BCUT2D eigenvalue weighted by Gasteiger charge is -2.07. The molecule has 18 heteroatoms. The SMILES string of the molecule is COc1ccc(/C=N/NC(=O)c2cccc(F)c2)cc1I.COc1cccc(/C=N/NC(=O)c2ccc(NC(=O)c3ccc(C)cc3)cc2)c1O.O=C(N/N=C/c1ccc(Br)cc1)c1cccc(F)c1. The number of carbonyl (C=O) groups excluding carboxylic acids is 4. The number of para-hydroxylation sites is 1. The van der Waals surface area contributed by atoms with Crippen molar-refractivity contribution >= 4 is 86.5 Å².